The number of carbonyl (C=O) groups is 1. The van der Waals surface area contributed by atoms with Crippen molar-refractivity contribution < 1.29 is 27.4 Å². The molecular weight excluding hydrogens is 293 g/mol. The molecule has 0 radical (unpaired) electrons. The van der Waals surface area contributed by atoms with Gasteiger partial charge in [0.25, 0.3) is 0 Å². The van der Waals surface area contributed by atoms with Gasteiger partial charge in [0.05, 0.1) is 12.0 Å². The number of alkyl halides is 3. The Labute approximate surface area is 117 Å². The van der Waals surface area contributed by atoms with E-state index in [0.717, 1.165) is 30.0 Å². The number of fused-ring (bicyclic) bond motifs is 1. The first-order valence-corrected chi connectivity index (χ1v) is 6.43. The molecule has 0 saturated carbocycles. The predicted octanol–water partition coefficient (Wildman–Crippen LogP) is 3.73. The van der Waals surface area contributed by atoms with Gasteiger partial charge in [-0.1, -0.05) is 6.07 Å². The lowest BCUT2D eigenvalue weighted by atomic mass is 10.1. The van der Waals surface area contributed by atoms with Gasteiger partial charge in [-0.15, -0.1) is 0 Å². The van der Waals surface area contributed by atoms with Crippen LogP contribution < -0.4 is 4.74 Å². The second-order valence-electron chi connectivity index (χ2n) is 4.19. The van der Waals surface area contributed by atoms with E-state index in [1.165, 1.54) is 0 Å². The van der Waals surface area contributed by atoms with E-state index >= 15 is 0 Å². The Morgan fingerprint density at radius 1 is 1.30 bits per heavy atom. The molecule has 0 atom stereocenters. The number of thioether (sulfide) groups is 1. The number of methoxy groups -OCH3 is 1. The molecule has 0 bridgehead atoms. The van der Waals surface area contributed by atoms with Crippen LogP contribution in [0.2, 0.25) is 0 Å². The van der Waals surface area contributed by atoms with Gasteiger partial charge in [0.2, 0.25) is 0 Å². The number of esters is 1. The quantitative estimate of drug-likeness (QED) is 0.585. The van der Waals surface area contributed by atoms with Gasteiger partial charge >= 0.3 is 12.1 Å². The lowest BCUT2D eigenvalue weighted by molar-refractivity contribution is -0.148. The van der Waals surface area contributed by atoms with Crippen LogP contribution in [0.3, 0.4) is 0 Å². The first-order valence-electron chi connectivity index (χ1n) is 5.61. The number of ether oxygens (including phenoxy) is 2. The van der Waals surface area contributed by atoms with Gasteiger partial charge in [0.1, 0.15) is 5.75 Å². The number of hydrogen-bond acceptors (Lipinski definition) is 4. The summed E-state index contributed by atoms with van der Waals surface area (Å²) >= 11 is 0.774. The molecule has 108 valence electrons. The lowest BCUT2D eigenvalue weighted by Gasteiger charge is -2.11. The zero-order valence-corrected chi connectivity index (χ0v) is 11.7. The summed E-state index contributed by atoms with van der Waals surface area (Å²) < 4.78 is 48.3. The number of aryl methyl sites for hydroxylation is 1. The van der Waals surface area contributed by atoms with Crippen LogP contribution in [0.15, 0.2) is 27.7 Å². The Morgan fingerprint density at radius 2 is 1.95 bits per heavy atom. The maximum absolute atomic E-state index is 13.0. The van der Waals surface area contributed by atoms with Gasteiger partial charge in [-0.25, -0.2) is 4.79 Å². The van der Waals surface area contributed by atoms with Crippen molar-refractivity contribution in [2.24, 2.45) is 0 Å². The largest absolute Gasteiger partial charge is 0.465 e. The Morgan fingerprint density at radius 3 is 2.50 bits per heavy atom. The Balaban J connectivity index is 2.52. The molecule has 0 unspecified atom stereocenters. The van der Waals surface area contributed by atoms with E-state index < -0.39 is 22.8 Å². The fourth-order valence-corrected chi connectivity index (χ4v) is 2.75. The van der Waals surface area contributed by atoms with Crippen LogP contribution >= 0.6 is 11.8 Å². The monoisotopic (exact) mass is 304 g/mol. The van der Waals surface area contributed by atoms with E-state index in [1.54, 1.807) is 19.1 Å². The molecule has 20 heavy (non-hydrogen) atoms. The third-order valence-electron chi connectivity index (χ3n) is 2.92. The summed E-state index contributed by atoms with van der Waals surface area (Å²) in [6.07, 6.45) is -4.83. The van der Waals surface area contributed by atoms with Crippen molar-refractivity contribution in [3.8, 4) is 5.75 Å². The molecule has 0 fully saturated rings. The maximum atomic E-state index is 13.0. The second-order valence-corrected chi connectivity index (χ2v) is 5.21. The van der Waals surface area contributed by atoms with Crippen molar-refractivity contribution in [1.82, 2.24) is 0 Å². The van der Waals surface area contributed by atoms with Gasteiger partial charge in [-0.3, -0.25) is 0 Å². The zero-order chi connectivity index (χ0) is 15.1. The number of benzene rings is 1. The van der Waals surface area contributed by atoms with E-state index in [0.29, 0.717) is 10.6 Å². The van der Waals surface area contributed by atoms with Crippen LogP contribution in [0.1, 0.15) is 11.1 Å². The molecule has 1 aromatic rings. The van der Waals surface area contributed by atoms with Crippen molar-refractivity contribution in [2.75, 3.05) is 7.11 Å². The van der Waals surface area contributed by atoms with E-state index in [2.05, 4.69) is 4.74 Å². The van der Waals surface area contributed by atoms with E-state index in [-0.39, 0.29) is 0 Å². The maximum Gasteiger partial charge on any atom is 0.427 e. The summed E-state index contributed by atoms with van der Waals surface area (Å²) in [4.78, 5) is 11.9. The summed E-state index contributed by atoms with van der Waals surface area (Å²) in [5, 5.41) is -0.493. The van der Waals surface area contributed by atoms with Crippen LogP contribution in [0.25, 0.3) is 0 Å². The van der Waals surface area contributed by atoms with Crippen molar-refractivity contribution in [2.45, 2.75) is 24.9 Å². The minimum Gasteiger partial charge on any atom is -0.465 e. The van der Waals surface area contributed by atoms with Crippen molar-refractivity contribution >= 4 is 17.7 Å². The van der Waals surface area contributed by atoms with Crippen LogP contribution in [-0.4, -0.2) is 19.3 Å². The summed E-state index contributed by atoms with van der Waals surface area (Å²) in [6.45, 7) is 3.58. The first-order chi connectivity index (χ1) is 9.25. The van der Waals surface area contributed by atoms with Gasteiger partial charge in [-0.05, 0) is 42.8 Å². The third-order valence-corrected chi connectivity index (χ3v) is 3.93. The lowest BCUT2D eigenvalue weighted by Crippen LogP contribution is -2.23. The third kappa shape index (κ3) is 2.49. The van der Waals surface area contributed by atoms with Crippen molar-refractivity contribution in [3.05, 3.63) is 33.9 Å². The average Bonchev–Trinajstić information content (AvgIpc) is 2.76. The standard InChI is InChI=1S/C13H11F3O3S/c1-6-4-5-8-10(7(6)2)19-12(20-8)9(11(17)18-3)13(14,15)16/h4-5H,1-3H3. The Kier molecular flexibility index (Phi) is 3.73. The molecular formula is C13H11F3O3S. The van der Waals surface area contributed by atoms with E-state index in [9.17, 15) is 18.0 Å². The molecule has 0 aliphatic carbocycles. The molecule has 3 nitrogen and oxygen atoms in total. The molecule has 0 N–H and O–H groups in total. The van der Waals surface area contributed by atoms with Crippen LogP contribution in [0.5, 0.6) is 5.75 Å². The number of rotatable bonds is 1. The molecule has 1 heterocycles. The number of carbonyl (C=O) groups excluding carboxylic acids is 1. The molecule has 1 aromatic carbocycles. The fraction of sp³-hybridized carbons (Fsp3) is 0.308. The highest BCUT2D eigenvalue weighted by Crippen LogP contribution is 2.49. The summed E-state index contributed by atoms with van der Waals surface area (Å²) in [5.41, 5.74) is 0.229. The Hall–Kier alpha value is -1.63. The Bertz CT molecular complexity index is 606. The molecule has 0 amide bonds. The average molecular weight is 304 g/mol. The molecule has 0 aromatic heterocycles. The first kappa shape index (κ1) is 14.8. The number of hydrogen-bond donors (Lipinski definition) is 0. The smallest absolute Gasteiger partial charge is 0.427 e. The predicted molar refractivity (Wildman–Crippen MR) is 67.5 cm³/mol. The molecule has 1 aliphatic rings. The normalized spacial score (nSPS) is 16.5. The van der Waals surface area contributed by atoms with Crippen LogP contribution in [0, 0.1) is 13.8 Å². The number of halogens is 3. The molecule has 0 spiro atoms. The van der Waals surface area contributed by atoms with E-state index in [4.69, 9.17) is 4.74 Å². The minimum absolute atomic E-state index is 0.357. The molecule has 7 heteroatoms. The van der Waals surface area contributed by atoms with Crippen LogP contribution in [-0.2, 0) is 9.53 Å². The second kappa shape index (κ2) is 5.05. The summed E-state index contributed by atoms with van der Waals surface area (Å²) in [6, 6.07) is 3.46. The molecule has 0 saturated heterocycles. The van der Waals surface area contributed by atoms with Crippen LogP contribution in [0.4, 0.5) is 13.2 Å². The van der Waals surface area contributed by atoms with Crippen molar-refractivity contribution in [1.29, 1.82) is 0 Å². The molecule has 2 rings (SSSR count). The van der Waals surface area contributed by atoms with Gasteiger partial charge in [0, 0.05) is 0 Å². The molecule has 1 aliphatic heterocycles. The minimum atomic E-state index is -4.83. The van der Waals surface area contributed by atoms with Gasteiger partial charge < -0.3 is 9.47 Å². The zero-order valence-electron chi connectivity index (χ0n) is 10.9. The summed E-state index contributed by atoms with van der Waals surface area (Å²) in [7, 11) is 0.900. The van der Waals surface area contributed by atoms with Crippen molar-refractivity contribution in [3.63, 3.8) is 0 Å². The highest BCUT2D eigenvalue weighted by atomic mass is 32.2. The van der Waals surface area contributed by atoms with E-state index in [1.807, 2.05) is 6.92 Å². The van der Waals surface area contributed by atoms with Gasteiger partial charge in [-0.2, -0.15) is 13.2 Å². The SMILES string of the molecule is COC(=O)C(=C1Oc2c(ccc(C)c2C)S1)C(F)(F)F. The highest BCUT2D eigenvalue weighted by molar-refractivity contribution is 8.03. The van der Waals surface area contributed by atoms with Gasteiger partial charge in [0.15, 0.2) is 10.7 Å². The highest BCUT2D eigenvalue weighted by Gasteiger charge is 2.45. The summed E-state index contributed by atoms with van der Waals surface area (Å²) in [5.74, 6) is -1.10. The fourth-order valence-electron chi connectivity index (χ4n) is 1.70. The topological polar surface area (TPSA) is 35.5 Å².